The van der Waals surface area contributed by atoms with Crippen LogP contribution in [0.15, 0.2) is 48.5 Å². The van der Waals surface area contributed by atoms with Gasteiger partial charge in [-0.1, -0.05) is 41.9 Å². The fourth-order valence-corrected chi connectivity index (χ4v) is 4.31. The Morgan fingerprint density at radius 2 is 1.96 bits per heavy atom. The van der Waals surface area contributed by atoms with Gasteiger partial charge in [0.2, 0.25) is 5.91 Å². The Labute approximate surface area is 166 Å². The first-order valence-corrected chi connectivity index (χ1v) is 9.41. The first-order valence-electron chi connectivity index (χ1n) is 9.03. The van der Waals surface area contributed by atoms with Crippen LogP contribution in [0, 0.1) is 0 Å². The van der Waals surface area contributed by atoms with Crippen LogP contribution in [-0.4, -0.2) is 40.4 Å². The second kappa shape index (κ2) is 6.95. The van der Waals surface area contributed by atoms with Crippen LogP contribution in [0.1, 0.15) is 30.4 Å². The van der Waals surface area contributed by atoms with Gasteiger partial charge in [-0.25, -0.2) is 4.79 Å². The minimum atomic E-state index is -1.36. The van der Waals surface area contributed by atoms with E-state index in [1.54, 1.807) is 42.5 Å². The zero-order valence-corrected chi connectivity index (χ0v) is 15.7. The minimum Gasteiger partial charge on any atom is -0.480 e. The topological polar surface area (TPSA) is 83.9 Å². The van der Waals surface area contributed by atoms with Gasteiger partial charge < -0.3 is 14.7 Å². The lowest BCUT2D eigenvalue weighted by molar-refractivity contribution is -0.149. The number of amides is 1. The molecule has 4 rings (SSSR count). The maximum Gasteiger partial charge on any atom is 0.327 e. The van der Waals surface area contributed by atoms with Gasteiger partial charge in [-0.05, 0) is 36.6 Å². The SMILES string of the molecule is O=C(O)C1CCCN1C(=O)CC1(c2ccccc2)C(=O)Oc2ccc(Cl)cc21. The number of fused-ring (bicyclic) bond motifs is 1. The number of aliphatic carboxylic acids is 1. The third-order valence-electron chi connectivity index (χ3n) is 5.49. The van der Waals surface area contributed by atoms with E-state index in [-0.39, 0.29) is 6.42 Å². The monoisotopic (exact) mass is 399 g/mol. The van der Waals surface area contributed by atoms with E-state index in [1.165, 1.54) is 4.90 Å². The molecular formula is C21H18ClNO5. The van der Waals surface area contributed by atoms with Crippen LogP contribution >= 0.6 is 11.6 Å². The molecule has 28 heavy (non-hydrogen) atoms. The molecule has 1 fully saturated rings. The maximum atomic E-state index is 13.2. The zero-order valence-electron chi connectivity index (χ0n) is 14.9. The average Bonchev–Trinajstić information content (AvgIpc) is 3.27. The predicted molar refractivity (Wildman–Crippen MR) is 101 cm³/mol. The smallest absolute Gasteiger partial charge is 0.327 e. The lowest BCUT2D eigenvalue weighted by atomic mass is 9.72. The summed E-state index contributed by atoms with van der Waals surface area (Å²) in [6.45, 7) is 0.359. The highest BCUT2D eigenvalue weighted by Gasteiger charge is 2.53. The molecule has 2 heterocycles. The van der Waals surface area contributed by atoms with Crippen molar-refractivity contribution in [3.8, 4) is 5.75 Å². The van der Waals surface area contributed by atoms with Crippen molar-refractivity contribution in [2.24, 2.45) is 0 Å². The largest absolute Gasteiger partial charge is 0.480 e. The number of carboxylic acid groups (broad SMARTS) is 1. The van der Waals surface area contributed by atoms with E-state index in [0.717, 1.165) is 0 Å². The van der Waals surface area contributed by atoms with Crippen molar-refractivity contribution in [3.63, 3.8) is 0 Å². The van der Waals surface area contributed by atoms with Gasteiger partial charge in [-0.3, -0.25) is 9.59 Å². The second-order valence-electron chi connectivity index (χ2n) is 7.06. The molecule has 1 N–H and O–H groups in total. The van der Waals surface area contributed by atoms with Crippen molar-refractivity contribution in [3.05, 3.63) is 64.7 Å². The van der Waals surface area contributed by atoms with Crippen molar-refractivity contribution in [1.29, 1.82) is 0 Å². The van der Waals surface area contributed by atoms with Crippen LogP contribution in [0.2, 0.25) is 5.02 Å². The molecule has 2 aliphatic heterocycles. The van der Waals surface area contributed by atoms with Gasteiger partial charge in [-0.2, -0.15) is 0 Å². The summed E-state index contributed by atoms with van der Waals surface area (Å²) in [6, 6.07) is 12.9. The first-order chi connectivity index (χ1) is 13.4. The van der Waals surface area contributed by atoms with Gasteiger partial charge >= 0.3 is 11.9 Å². The molecule has 6 nitrogen and oxygen atoms in total. The first kappa shape index (κ1) is 18.5. The molecule has 0 saturated carbocycles. The molecule has 0 spiro atoms. The van der Waals surface area contributed by atoms with Crippen LogP contribution in [0.4, 0.5) is 0 Å². The van der Waals surface area contributed by atoms with Gasteiger partial charge in [0.15, 0.2) is 0 Å². The van der Waals surface area contributed by atoms with Crippen molar-refractivity contribution < 1.29 is 24.2 Å². The molecule has 0 radical (unpaired) electrons. The standard InChI is InChI=1S/C21H18ClNO5/c22-14-8-9-17-15(11-14)21(20(27)28-17,13-5-2-1-3-6-13)12-18(24)23-10-4-7-16(23)19(25)26/h1-3,5-6,8-9,11,16H,4,7,10,12H2,(H,25,26). The number of carboxylic acids is 1. The Hall–Kier alpha value is -2.86. The zero-order chi connectivity index (χ0) is 19.9. The molecule has 2 atom stereocenters. The van der Waals surface area contributed by atoms with Gasteiger partial charge in [0.05, 0.1) is 6.42 Å². The number of hydrogen-bond donors (Lipinski definition) is 1. The average molecular weight is 400 g/mol. The number of likely N-dealkylation sites (tertiary alicyclic amines) is 1. The Balaban J connectivity index is 1.81. The minimum absolute atomic E-state index is 0.215. The normalized spacial score (nSPS) is 23.4. The molecule has 144 valence electrons. The van der Waals surface area contributed by atoms with E-state index in [1.807, 2.05) is 6.07 Å². The molecule has 1 saturated heterocycles. The van der Waals surface area contributed by atoms with E-state index in [4.69, 9.17) is 16.3 Å². The fraction of sp³-hybridized carbons (Fsp3) is 0.286. The van der Waals surface area contributed by atoms with E-state index >= 15 is 0 Å². The predicted octanol–water partition coefficient (Wildman–Crippen LogP) is 3.01. The third kappa shape index (κ3) is 2.85. The molecular weight excluding hydrogens is 382 g/mol. The lowest BCUT2D eigenvalue weighted by Crippen LogP contribution is -2.46. The highest BCUT2D eigenvalue weighted by Crippen LogP contribution is 2.48. The van der Waals surface area contributed by atoms with Crippen LogP contribution in [-0.2, 0) is 19.8 Å². The van der Waals surface area contributed by atoms with Crippen molar-refractivity contribution >= 4 is 29.4 Å². The summed E-state index contributed by atoms with van der Waals surface area (Å²) in [6.07, 6.45) is 0.813. The van der Waals surface area contributed by atoms with Gasteiger partial charge in [0.25, 0.3) is 0 Å². The van der Waals surface area contributed by atoms with Crippen LogP contribution in [0.3, 0.4) is 0 Å². The number of carbonyl (C=O) groups is 3. The second-order valence-corrected chi connectivity index (χ2v) is 7.50. The Morgan fingerprint density at radius 3 is 2.68 bits per heavy atom. The van der Waals surface area contributed by atoms with Crippen molar-refractivity contribution in [2.75, 3.05) is 6.54 Å². The number of rotatable bonds is 4. The van der Waals surface area contributed by atoms with E-state index in [9.17, 15) is 19.5 Å². The van der Waals surface area contributed by atoms with Crippen molar-refractivity contribution in [1.82, 2.24) is 4.90 Å². The summed E-state index contributed by atoms with van der Waals surface area (Å²) >= 11 is 6.17. The van der Waals surface area contributed by atoms with Crippen LogP contribution in [0.25, 0.3) is 0 Å². The van der Waals surface area contributed by atoms with E-state index in [2.05, 4.69) is 0 Å². The number of esters is 1. The van der Waals surface area contributed by atoms with Crippen LogP contribution < -0.4 is 4.74 Å². The molecule has 0 bridgehead atoms. The molecule has 2 aliphatic rings. The van der Waals surface area contributed by atoms with Crippen LogP contribution in [0.5, 0.6) is 5.75 Å². The Morgan fingerprint density at radius 1 is 1.21 bits per heavy atom. The molecule has 2 unspecified atom stereocenters. The molecule has 7 heteroatoms. The molecule has 2 aromatic rings. The number of carbonyl (C=O) groups excluding carboxylic acids is 2. The quantitative estimate of drug-likeness (QED) is 0.631. The summed E-state index contributed by atoms with van der Waals surface area (Å²) in [5.41, 5.74) is -0.222. The Bertz CT molecular complexity index is 961. The number of nitrogens with zero attached hydrogens (tertiary/aromatic N) is 1. The maximum absolute atomic E-state index is 13.2. The van der Waals surface area contributed by atoms with Gasteiger partial charge in [0, 0.05) is 17.1 Å². The highest BCUT2D eigenvalue weighted by molar-refractivity contribution is 6.30. The lowest BCUT2D eigenvalue weighted by Gasteiger charge is -2.30. The number of halogens is 1. The fourth-order valence-electron chi connectivity index (χ4n) is 4.14. The Kier molecular flexibility index (Phi) is 4.59. The highest BCUT2D eigenvalue weighted by atomic mass is 35.5. The summed E-state index contributed by atoms with van der Waals surface area (Å²) < 4.78 is 5.49. The summed E-state index contributed by atoms with van der Waals surface area (Å²) in [4.78, 5) is 39.1. The van der Waals surface area contributed by atoms with Gasteiger partial charge in [0.1, 0.15) is 17.2 Å². The number of ether oxygens (including phenoxy) is 1. The van der Waals surface area contributed by atoms with Gasteiger partial charge in [-0.15, -0.1) is 0 Å². The third-order valence-corrected chi connectivity index (χ3v) is 5.73. The number of hydrogen-bond acceptors (Lipinski definition) is 4. The summed E-state index contributed by atoms with van der Waals surface area (Å²) in [7, 11) is 0. The number of benzene rings is 2. The summed E-state index contributed by atoms with van der Waals surface area (Å²) in [5, 5.41) is 9.84. The molecule has 1 amide bonds. The van der Waals surface area contributed by atoms with Crippen molar-refractivity contribution in [2.45, 2.75) is 30.7 Å². The molecule has 0 aliphatic carbocycles. The molecule has 2 aromatic carbocycles. The van der Waals surface area contributed by atoms with E-state index in [0.29, 0.717) is 41.3 Å². The summed E-state index contributed by atoms with van der Waals surface area (Å²) in [5.74, 6) is -1.62. The van der Waals surface area contributed by atoms with E-state index < -0.39 is 29.3 Å². The molecule has 0 aromatic heterocycles.